The van der Waals surface area contributed by atoms with E-state index in [1.807, 2.05) is 0 Å². The lowest BCUT2D eigenvalue weighted by Gasteiger charge is -2.28. The Labute approximate surface area is 81.3 Å². The maximum atomic E-state index is 5.54. The smallest absolute Gasteiger partial charge is 0.00187 e. The fourth-order valence-electron chi connectivity index (χ4n) is 1.47. The van der Waals surface area contributed by atoms with E-state index in [1.54, 1.807) is 0 Å². The molecule has 0 radical (unpaired) electrons. The van der Waals surface area contributed by atoms with Crippen LogP contribution in [0.3, 0.4) is 0 Å². The zero-order chi connectivity index (χ0) is 6.69. The molecule has 1 saturated heterocycles. The second-order valence-corrected chi connectivity index (χ2v) is 3.01. The molecule has 11 heavy (non-hydrogen) atoms. The Morgan fingerprint density at radius 3 is 2.45 bits per heavy atom. The molecule has 4 heteroatoms. The Morgan fingerprint density at radius 2 is 2.09 bits per heavy atom. The number of rotatable bonds is 1. The van der Waals surface area contributed by atoms with Crippen molar-refractivity contribution in [1.29, 1.82) is 0 Å². The summed E-state index contributed by atoms with van der Waals surface area (Å²) in [5.74, 6) is 0.767. The van der Waals surface area contributed by atoms with E-state index < -0.39 is 0 Å². The van der Waals surface area contributed by atoms with Gasteiger partial charge in [0.25, 0.3) is 0 Å². The van der Waals surface area contributed by atoms with E-state index in [1.165, 1.54) is 25.9 Å². The molecule has 2 nitrogen and oxygen atoms in total. The fraction of sp³-hybridized carbons (Fsp3) is 1.00. The van der Waals surface area contributed by atoms with Crippen LogP contribution in [0.2, 0.25) is 0 Å². The molecule has 1 heterocycles. The highest BCUT2D eigenvalue weighted by atomic mass is 35.5. The average Bonchev–Trinajstić information content (AvgIpc) is 1.88. The molecular weight excluding hydrogens is 183 g/mol. The molecule has 0 aliphatic carbocycles. The first-order valence-corrected chi connectivity index (χ1v) is 3.71. The first-order chi connectivity index (χ1) is 4.33. The van der Waals surface area contributed by atoms with Crippen molar-refractivity contribution in [2.45, 2.75) is 12.8 Å². The molecule has 0 unspecified atom stereocenters. The summed E-state index contributed by atoms with van der Waals surface area (Å²) in [5, 5.41) is 0. The largest absolute Gasteiger partial charge is 0.330 e. The lowest BCUT2D eigenvalue weighted by Crippen LogP contribution is -2.35. The van der Waals surface area contributed by atoms with Crippen LogP contribution in [0.4, 0.5) is 0 Å². The summed E-state index contributed by atoms with van der Waals surface area (Å²) in [4.78, 5) is 2.36. The van der Waals surface area contributed by atoms with Crippen molar-refractivity contribution in [2.75, 3.05) is 26.7 Å². The zero-order valence-electron chi connectivity index (χ0n) is 6.95. The predicted octanol–water partition coefficient (Wildman–Crippen LogP) is 1.13. The SMILES string of the molecule is CN1CCC[C@@H](CN)C1.Cl.Cl. The van der Waals surface area contributed by atoms with Crippen LogP contribution in [0.5, 0.6) is 0 Å². The van der Waals surface area contributed by atoms with Gasteiger partial charge in [0, 0.05) is 6.54 Å². The molecule has 0 bridgehead atoms. The van der Waals surface area contributed by atoms with Gasteiger partial charge in [-0.15, -0.1) is 24.8 Å². The Morgan fingerprint density at radius 1 is 1.45 bits per heavy atom. The van der Waals surface area contributed by atoms with Gasteiger partial charge in [0.05, 0.1) is 0 Å². The number of piperidine rings is 1. The van der Waals surface area contributed by atoms with Gasteiger partial charge in [0.15, 0.2) is 0 Å². The first kappa shape index (κ1) is 14.0. The van der Waals surface area contributed by atoms with Crippen molar-refractivity contribution in [3.05, 3.63) is 0 Å². The molecule has 0 aromatic carbocycles. The molecule has 2 N–H and O–H groups in total. The normalized spacial score (nSPS) is 25.1. The summed E-state index contributed by atoms with van der Waals surface area (Å²) in [6.07, 6.45) is 2.67. The van der Waals surface area contributed by atoms with Crippen LogP contribution in [-0.2, 0) is 0 Å². The second-order valence-electron chi connectivity index (χ2n) is 3.01. The van der Waals surface area contributed by atoms with Crippen molar-refractivity contribution in [2.24, 2.45) is 11.7 Å². The van der Waals surface area contributed by atoms with Crippen molar-refractivity contribution < 1.29 is 0 Å². The first-order valence-electron chi connectivity index (χ1n) is 3.71. The highest BCUT2D eigenvalue weighted by molar-refractivity contribution is 5.85. The average molecular weight is 201 g/mol. The van der Waals surface area contributed by atoms with E-state index in [0.29, 0.717) is 0 Å². The number of nitrogens with two attached hydrogens (primary N) is 1. The molecule has 0 amide bonds. The summed E-state index contributed by atoms with van der Waals surface area (Å²) in [5.41, 5.74) is 5.54. The van der Waals surface area contributed by atoms with Crippen LogP contribution in [-0.4, -0.2) is 31.6 Å². The van der Waals surface area contributed by atoms with E-state index in [-0.39, 0.29) is 24.8 Å². The summed E-state index contributed by atoms with van der Waals surface area (Å²) in [6, 6.07) is 0. The van der Waals surface area contributed by atoms with Crippen LogP contribution >= 0.6 is 24.8 Å². The van der Waals surface area contributed by atoms with Crippen LogP contribution in [0.1, 0.15) is 12.8 Å². The molecule has 1 aliphatic rings. The van der Waals surface area contributed by atoms with Gasteiger partial charge in [-0.25, -0.2) is 0 Å². The molecule has 1 rings (SSSR count). The molecule has 70 valence electrons. The Hall–Kier alpha value is 0.500. The molecular formula is C7H18Cl2N2. The summed E-state index contributed by atoms with van der Waals surface area (Å²) in [6.45, 7) is 3.33. The van der Waals surface area contributed by atoms with Gasteiger partial charge >= 0.3 is 0 Å². The Balaban J connectivity index is 0. The maximum Gasteiger partial charge on any atom is 0.00187 e. The van der Waals surface area contributed by atoms with Gasteiger partial charge < -0.3 is 10.6 Å². The molecule has 0 saturated carbocycles. The number of halogens is 2. The van der Waals surface area contributed by atoms with Crippen LogP contribution in [0.15, 0.2) is 0 Å². The van der Waals surface area contributed by atoms with E-state index in [2.05, 4.69) is 11.9 Å². The highest BCUT2D eigenvalue weighted by Crippen LogP contribution is 2.12. The topological polar surface area (TPSA) is 29.3 Å². The highest BCUT2D eigenvalue weighted by Gasteiger charge is 2.14. The molecule has 1 atom stereocenters. The number of hydrogen-bond donors (Lipinski definition) is 1. The number of likely N-dealkylation sites (tertiary alicyclic amines) is 1. The summed E-state index contributed by atoms with van der Waals surface area (Å²) in [7, 11) is 2.17. The molecule has 0 aromatic rings. The van der Waals surface area contributed by atoms with Crippen LogP contribution in [0, 0.1) is 5.92 Å². The molecule has 1 fully saturated rings. The van der Waals surface area contributed by atoms with E-state index in [4.69, 9.17) is 5.73 Å². The molecule has 1 aliphatic heterocycles. The number of hydrogen-bond acceptors (Lipinski definition) is 2. The zero-order valence-corrected chi connectivity index (χ0v) is 8.59. The van der Waals surface area contributed by atoms with Crippen molar-refractivity contribution in [1.82, 2.24) is 4.90 Å². The third-order valence-electron chi connectivity index (χ3n) is 2.06. The monoisotopic (exact) mass is 200 g/mol. The van der Waals surface area contributed by atoms with Gasteiger partial charge in [0.1, 0.15) is 0 Å². The minimum absolute atomic E-state index is 0. The minimum Gasteiger partial charge on any atom is -0.330 e. The summed E-state index contributed by atoms with van der Waals surface area (Å²) < 4.78 is 0. The van der Waals surface area contributed by atoms with Gasteiger partial charge in [-0.1, -0.05) is 0 Å². The molecule has 0 spiro atoms. The van der Waals surface area contributed by atoms with Gasteiger partial charge in [0.2, 0.25) is 0 Å². The standard InChI is InChI=1S/C7H16N2.2ClH/c1-9-4-2-3-7(5-8)6-9;;/h7H,2-6,8H2,1H3;2*1H/t7-;;/m0../s1. The van der Waals surface area contributed by atoms with E-state index in [9.17, 15) is 0 Å². The molecule has 0 aromatic heterocycles. The maximum absolute atomic E-state index is 5.54. The Bertz CT molecular complexity index is 90.5. The fourth-order valence-corrected chi connectivity index (χ4v) is 1.47. The van der Waals surface area contributed by atoms with Gasteiger partial charge in [-0.2, -0.15) is 0 Å². The third-order valence-corrected chi connectivity index (χ3v) is 2.06. The Kier molecular flexibility index (Phi) is 9.15. The lowest BCUT2D eigenvalue weighted by atomic mass is 9.99. The second kappa shape index (κ2) is 7.17. The van der Waals surface area contributed by atoms with Crippen LogP contribution in [0.25, 0.3) is 0 Å². The van der Waals surface area contributed by atoms with Crippen molar-refractivity contribution in [3.63, 3.8) is 0 Å². The van der Waals surface area contributed by atoms with Gasteiger partial charge in [-0.05, 0) is 38.9 Å². The quantitative estimate of drug-likeness (QED) is 0.689. The minimum atomic E-state index is 0. The lowest BCUT2D eigenvalue weighted by molar-refractivity contribution is 0.214. The van der Waals surface area contributed by atoms with E-state index >= 15 is 0 Å². The number of nitrogens with zero attached hydrogens (tertiary/aromatic N) is 1. The summed E-state index contributed by atoms with van der Waals surface area (Å²) >= 11 is 0. The third kappa shape index (κ3) is 4.86. The van der Waals surface area contributed by atoms with Crippen molar-refractivity contribution in [3.8, 4) is 0 Å². The van der Waals surface area contributed by atoms with Crippen molar-refractivity contribution >= 4 is 24.8 Å². The van der Waals surface area contributed by atoms with E-state index in [0.717, 1.165) is 12.5 Å². The van der Waals surface area contributed by atoms with Crippen LogP contribution < -0.4 is 5.73 Å². The predicted molar refractivity (Wildman–Crippen MR) is 53.8 cm³/mol. The van der Waals surface area contributed by atoms with Gasteiger partial charge in [-0.3, -0.25) is 0 Å².